The third kappa shape index (κ3) is 5.50. The number of amides is 1. The summed E-state index contributed by atoms with van der Waals surface area (Å²) in [5.74, 6) is 0.907. The Morgan fingerprint density at radius 2 is 1.84 bits per heavy atom. The maximum Gasteiger partial charge on any atom is 0.227 e. The molecule has 2 aromatic carbocycles. The van der Waals surface area contributed by atoms with E-state index in [1.165, 1.54) is 5.69 Å². The first kappa shape index (κ1) is 22.4. The number of para-hydroxylation sites is 1. The van der Waals surface area contributed by atoms with Crippen LogP contribution in [0.3, 0.4) is 0 Å². The molecule has 2 aliphatic rings. The van der Waals surface area contributed by atoms with Crippen LogP contribution in [0.15, 0.2) is 60.7 Å². The zero-order valence-electron chi connectivity index (χ0n) is 18.8. The van der Waals surface area contributed by atoms with Crippen molar-refractivity contribution < 1.29 is 14.6 Å². The van der Waals surface area contributed by atoms with E-state index in [9.17, 15) is 9.90 Å². The van der Waals surface area contributed by atoms with Crippen molar-refractivity contribution in [3.63, 3.8) is 0 Å². The molecule has 0 radical (unpaired) electrons. The van der Waals surface area contributed by atoms with E-state index in [1.54, 1.807) is 0 Å². The van der Waals surface area contributed by atoms with E-state index in [0.29, 0.717) is 19.5 Å². The molecule has 6 nitrogen and oxygen atoms in total. The molecule has 1 amide bonds. The number of β-amino-alcohol motifs (C(OH)–C–C–N with tert-alkyl or cyclic N) is 1. The van der Waals surface area contributed by atoms with Crippen molar-refractivity contribution in [2.75, 3.05) is 55.7 Å². The molecule has 2 heterocycles. The van der Waals surface area contributed by atoms with Crippen molar-refractivity contribution in [3.8, 4) is 5.75 Å². The molecule has 0 bridgehead atoms. The highest BCUT2D eigenvalue weighted by Gasteiger charge is 2.24. The number of ether oxygens (including phenoxy) is 1. The third-order valence-corrected chi connectivity index (χ3v) is 6.18. The number of piperazine rings is 1. The van der Waals surface area contributed by atoms with Gasteiger partial charge in [-0.05, 0) is 49.2 Å². The zero-order chi connectivity index (χ0) is 22.3. The lowest BCUT2D eigenvalue weighted by Crippen LogP contribution is -2.49. The van der Waals surface area contributed by atoms with Gasteiger partial charge in [-0.2, -0.15) is 0 Å². The van der Waals surface area contributed by atoms with Gasteiger partial charge in [-0.1, -0.05) is 30.4 Å². The molecule has 170 valence electrons. The Morgan fingerprint density at radius 3 is 2.59 bits per heavy atom. The number of aliphatic hydroxyl groups is 1. The van der Waals surface area contributed by atoms with Gasteiger partial charge in [0.1, 0.15) is 18.5 Å². The molecule has 1 atom stereocenters. The number of allylic oxidation sites excluding steroid dienone is 1. The van der Waals surface area contributed by atoms with Gasteiger partial charge in [0, 0.05) is 57.1 Å². The Bertz CT molecular complexity index is 923. The topological polar surface area (TPSA) is 56.3 Å². The summed E-state index contributed by atoms with van der Waals surface area (Å²) in [5.41, 5.74) is 3.34. The summed E-state index contributed by atoms with van der Waals surface area (Å²) in [4.78, 5) is 18.8. The maximum atomic E-state index is 12.3. The molecule has 2 aliphatic heterocycles. The van der Waals surface area contributed by atoms with Gasteiger partial charge in [-0.3, -0.25) is 9.69 Å². The Hall–Kier alpha value is -2.83. The number of aryl methyl sites for hydroxylation is 1. The van der Waals surface area contributed by atoms with Gasteiger partial charge in [0.25, 0.3) is 0 Å². The zero-order valence-corrected chi connectivity index (χ0v) is 18.8. The molecule has 1 saturated heterocycles. The minimum Gasteiger partial charge on any atom is -0.491 e. The van der Waals surface area contributed by atoms with Crippen molar-refractivity contribution >= 4 is 17.3 Å². The summed E-state index contributed by atoms with van der Waals surface area (Å²) in [6.45, 7) is 7.22. The van der Waals surface area contributed by atoms with Gasteiger partial charge in [0.05, 0.1) is 0 Å². The highest BCUT2D eigenvalue weighted by molar-refractivity contribution is 5.96. The molecule has 1 N–H and O–H groups in total. The van der Waals surface area contributed by atoms with E-state index in [0.717, 1.165) is 49.6 Å². The molecule has 1 unspecified atom stereocenters. The van der Waals surface area contributed by atoms with Crippen LogP contribution in [0.25, 0.3) is 0 Å². The molecule has 4 rings (SSSR count). The number of anilines is 2. The monoisotopic (exact) mass is 435 g/mol. The summed E-state index contributed by atoms with van der Waals surface area (Å²) in [6, 6.07) is 16.3. The van der Waals surface area contributed by atoms with Crippen LogP contribution in [-0.4, -0.2) is 67.9 Å². The molecule has 0 spiro atoms. The summed E-state index contributed by atoms with van der Waals surface area (Å²) < 4.78 is 5.90. The lowest BCUT2D eigenvalue weighted by Gasteiger charge is -2.36. The number of hydrogen-bond acceptors (Lipinski definition) is 5. The Kier molecular flexibility index (Phi) is 7.45. The quantitative estimate of drug-likeness (QED) is 0.646. The first-order valence-electron chi connectivity index (χ1n) is 11.5. The van der Waals surface area contributed by atoms with Crippen LogP contribution in [0.2, 0.25) is 0 Å². The van der Waals surface area contributed by atoms with Crippen LogP contribution >= 0.6 is 0 Å². The number of fused-ring (bicyclic) bond motifs is 1. The second kappa shape index (κ2) is 10.7. The van der Waals surface area contributed by atoms with Gasteiger partial charge in [-0.15, -0.1) is 0 Å². The molecule has 1 fully saturated rings. The van der Waals surface area contributed by atoms with Gasteiger partial charge in [0.15, 0.2) is 0 Å². The van der Waals surface area contributed by atoms with Gasteiger partial charge in [-0.25, -0.2) is 0 Å². The van der Waals surface area contributed by atoms with E-state index in [1.807, 2.05) is 48.2 Å². The van der Waals surface area contributed by atoms with Crippen LogP contribution in [0.5, 0.6) is 5.75 Å². The van der Waals surface area contributed by atoms with Crippen LogP contribution in [0.4, 0.5) is 11.4 Å². The first-order chi connectivity index (χ1) is 15.6. The molecule has 32 heavy (non-hydrogen) atoms. The highest BCUT2D eigenvalue weighted by Crippen LogP contribution is 2.31. The van der Waals surface area contributed by atoms with E-state index >= 15 is 0 Å². The molecule has 6 heteroatoms. The summed E-state index contributed by atoms with van der Waals surface area (Å²) in [7, 11) is 0. The predicted molar refractivity (Wildman–Crippen MR) is 129 cm³/mol. The number of nitrogens with zero attached hydrogens (tertiary/aromatic N) is 3. The van der Waals surface area contributed by atoms with E-state index in [2.05, 4.69) is 34.1 Å². The number of hydrogen-bond donors (Lipinski definition) is 1. The average Bonchev–Trinajstić information content (AvgIpc) is 2.83. The van der Waals surface area contributed by atoms with Crippen LogP contribution in [0.1, 0.15) is 18.9 Å². The smallest absolute Gasteiger partial charge is 0.227 e. The summed E-state index contributed by atoms with van der Waals surface area (Å²) in [6.07, 6.45) is 4.66. The second-order valence-corrected chi connectivity index (χ2v) is 8.45. The van der Waals surface area contributed by atoms with Gasteiger partial charge < -0.3 is 19.6 Å². The number of benzene rings is 2. The van der Waals surface area contributed by atoms with Crippen LogP contribution in [0, 0.1) is 0 Å². The lowest BCUT2D eigenvalue weighted by molar-refractivity contribution is -0.118. The van der Waals surface area contributed by atoms with E-state index < -0.39 is 6.10 Å². The average molecular weight is 436 g/mol. The molecule has 2 aromatic rings. The predicted octanol–water partition coefficient (Wildman–Crippen LogP) is 3.10. The Morgan fingerprint density at radius 1 is 1.06 bits per heavy atom. The van der Waals surface area contributed by atoms with Crippen molar-refractivity contribution in [3.05, 3.63) is 66.2 Å². The normalized spacial score (nSPS) is 18.1. The van der Waals surface area contributed by atoms with E-state index in [4.69, 9.17) is 4.74 Å². The molecular weight excluding hydrogens is 402 g/mol. The Balaban J connectivity index is 1.26. The molecule has 0 saturated carbocycles. The number of aliphatic hydroxyl groups excluding tert-OH is 1. The minimum atomic E-state index is -0.540. The molecule has 0 aliphatic carbocycles. The van der Waals surface area contributed by atoms with Gasteiger partial charge in [0.2, 0.25) is 5.91 Å². The summed E-state index contributed by atoms with van der Waals surface area (Å²) >= 11 is 0. The van der Waals surface area contributed by atoms with Crippen molar-refractivity contribution in [1.29, 1.82) is 0 Å². The fraction of sp³-hybridized carbons (Fsp3) is 0.423. The molecular formula is C26H33N3O3. The standard InChI is InChI=1S/C26H33N3O3/c1-2-3-13-29-25-11-10-24(18-21(25)9-12-26(29)31)32-20-23(30)19-27-14-16-28(17-15-27)22-7-5-4-6-8-22/h2-8,10-11,18,23,30H,9,12-17,19-20H2,1H3/b3-2+. The van der Waals surface area contributed by atoms with Crippen molar-refractivity contribution in [2.24, 2.45) is 0 Å². The largest absolute Gasteiger partial charge is 0.491 e. The fourth-order valence-corrected chi connectivity index (χ4v) is 4.41. The van der Waals surface area contributed by atoms with Crippen LogP contribution in [-0.2, 0) is 11.2 Å². The number of carbonyl (C=O) groups excluding carboxylic acids is 1. The maximum absolute atomic E-state index is 12.3. The van der Waals surface area contributed by atoms with Crippen molar-refractivity contribution in [2.45, 2.75) is 25.9 Å². The minimum absolute atomic E-state index is 0.159. The lowest BCUT2D eigenvalue weighted by atomic mass is 10.0. The SMILES string of the molecule is C/C=C/CN1C(=O)CCc2cc(OCC(O)CN3CCN(c4ccccc4)CC3)ccc21. The first-order valence-corrected chi connectivity index (χ1v) is 11.5. The number of carbonyl (C=O) groups is 1. The van der Waals surface area contributed by atoms with Gasteiger partial charge >= 0.3 is 0 Å². The Labute approximate surface area is 190 Å². The third-order valence-electron chi connectivity index (χ3n) is 6.18. The molecule has 0 aromatic heterocycles. The highest BCUT2D eigenvalue weighted by atomic mass is 16.5. The number of rotatable bonds is 8. The van der Waals surface area contributed by atoms with Crippen LogP contribution < -0.4 is 14.5 Å². The fourth-order valence-electron chi connectivity index (χ4n) is 4.41. The van der Waals surface area contributed by atoms with E-state index in [-0.39, 0.29) is 12.5 Å². The second-order valence-electron chi connectivity index (χ2n) is 8.45. The van der Waals surface area contributed by atoms with Crippen molar-refractivity contribution in [1.82, 2.24) is 4.90 Å². The summed E-state index contributed by atoms with van der Waals surface area (Å²) in [5, 5.41) is 10.5.